The van der Waals surface area contributed by atoms with E-state index in [-0.39, 0.29) is 0 Å². The van der Waals surface area contributed by atoms with E-state index < -0.39 is 11.4 Å². The van der Waals surface area contributed by atoms with Gasteiger partial charge in [-0.3, -0.25) is 4.79 Å². The number of rotatable bonds is 2. The van der Waals surface area contributed by atoms with E-state index in [1.54, 1.807) is 11.3 Å². The van der Waals surface area contributed by atoms with Gasteiger partial charge in [-0.2, -0.15) is 0 Å². The second-order valence-electron chi connectivity index (χ2n) is 3.03. The van der Waals surface area contributed by atoms with Crippen molar-refractivity contribution in [3.8, 4) is 0 Å². The van der Waals surface area contributed by atoms with Crippen LogP contribution in [0.5, 0.6) is 0 Å². The largest absolute Gasteiger partial charge is 0.481 e. The van der Waals surface area contributed by atoms with Gasteiger partial charge in [0.2, 0.25) is 0 Å². The highest BCUT2D eigenvalue weighted by Gasteiger charge is 2.52. The molecule has 1 aliphatic rings. The molecule has 0 amide bonds. The molecule has 1 aromatic heterocycles. The standard InChI is InChI=1S/C8H7BrO2S/c9-6-3-5(4-12-6)8(1-2-8)7(10)11/h3-4H,1-2H2,(H,10,11). The molecule has 0 bridgehead atoms. The Hall–Kier alpha value is -0.350. The molecule has 1 aliphatic carbocycles. The third-order valence-electron chi connectivity index (χ3n) is 2.28. The molecule has 0 unspecified atom stereocenters. The fraction of sp³-hybridized carbons (Fsp3) is 0.375. The summed E-state index contributed by atoms with van der Waals surface area (Å²) in [5, 5.41) is 10.9. The monoisotopic (exact) mass is 246 g/mol. The van der Waals surface area contributed by atoms with E-state index in [9.17, 15) is 4.79 Å². The van der Waals surface area contributed by atoms with Crippen molar-refractivity contribution in [1.82, 2.24) is 0 Å². The van der Waals surface area contributed by atoms with Gasteiger partial charge in [0.1, 0.15) is 0 Å². The molecule has 1 saturated carbocycles. The van der Waals surface area contributed by atoms with Crippen molar-refractivity contribution in [2.24, 2.45) is 0 Å². The first kappa shape index (κ1) is 8.26. The van der Waals surface area contributed by atoms with Crippen molar-refractivity contribution in [2.75, 3.05) is 0 Å². The summed E-state index contributed by atoms with van der Waals surface area (Å²) < 4.78 is 1.00. The molecule has 12 heavy (non-hydrogen) atoms. The maximum atomic E-state index is 10.9. The van der Waals surface area contributed by atoms with Crippen molar-refractivity contribution in [3.05, 3.63) is 20.8 Å². The van der Waals surface area contributed by atoms with E-state index in [1.165, 1.54) is 0 Å². The summed E-state index contributed by atoms with van der Waals surface area (Å²) in [6.07, 6.45) is 1.57. The van der Waals surface area contributed by atoms with Crippen molar-refractivity contribution >= 4 is 33.2 Å². The average Bonchev–Trinajstić information content (AvgIpc) is 2.71. The number of halogens is 1. The van der Waals surface area contributed by atoms with Crippen LogP contribution in [0.1, 0.15) is 18.4 Å². The second-order valence-corrected chi connectivity index (χ2v) is 5.32. The molecule has 0 aromatic carbocycles. The van der Waals surface area contributed by atoms with E-state index in [2.05, 4.69) is 15.9 Å². The Morgan fingerprint density at radius 2 is 2.33 bits per heavy atom. The topological polar surface area (TPSA) is 37.3 Å². The molecule has 0 spiro atoms. The number of carboxylic acids is 1. The van der Waals surface area contributed by atoms with Crippen LogP contribution in [0, 0.1) is 0 Å². The second kappa shape index (κ2) is 2.57. The Balaban J connectivity index is 2.36. The zero-order valence-electron chi connectivity index (χ0n) is 6.21. The van der Waals surface area contributed by atoms with E-state index in [4.69, 9.17) is 5.11 Å². The minimum Gasteiger partial charge on any atom is -0.481 e. The van der Waals surface area contributed by atoms with Gasteiger partial charge in [0.05, 0.1) is 9.20 Å². The number of hydrogen-bond donors (Lipinski definition) is 1. The van der Waals surface area contributed by atoms with Gasteiger partial charge >= 0.3 is 5.97 Å². The van der Waals surface area contributed by atoms with Crippen molar-refractivity contribution in [1.29, 1.82) is 0 Å². The van der Waals surface area contributed by atoms with Crippen LogP contribution in [0.15, 0.2) is 15.2 Å². The van der Waals surface area contributed by atoms with E-state index in [0.29, 0.717) is 0 Å². The normalized spacial score (nSPS) is 19.1. The van der Waals surface area contributed by atoms with Crippen molar-refractivity contribution in [3.63, 3.8) is 0 Å². The van der Waals surface area contributed by atoms with Crippen molar-refractivity contribution in [2.45, 2.75) is 18.3 Å². The quantitative estimate of drug-likeness (QED) is 0.872. The molecule has 0 aliphatic heterocycles. The average molecular weight is 247 g/mol. The molecule has 64 valence electrons. The molecule has 1 aromatic rings. The third kappa shape index (κ3) is 1.10. The summed E-state index contributed by atoms with van der Waals surface area (Å²) in [4.78, 5) is 10.9. The first-order chi connectivity index (χ1) is 5.65. The van der Waals surface area contributed by atoms with Crippen LogP contribution in [0.25, 0.3) is 0 Å². The molecule has 4 heteroatoms. The zero-order valence-corrected chi connectivity index (χ0v) is 8.61. The lowest BCUT2D eigenvalue weighted by atomic mass is 10.0. The van der Waals surface area contributed by atoms with Gasteiger partial charge in [0, 0.05) is 0 Å². The van der Waals surface area contributed by atoms with Crippen LogP contribution in [0.3, 0.4) is 0 Å². The minimum atomic E-state index is -0.687. The highest BCUT2D eigenvalue weighted by Crippen LogP contribution is 2.50. The summed E-state index contributed by atoms with van der Waals surface area (Å²) in [6.45, 7) is 0. The Morgan fingerprint density at radius 3 is 2.67 bits per heavy atom. The minimum absolute atomic E-state index is 0.539. The summed E-state index contributed by atoms with van der Waals surface area (Å²) in [5.41, 5.74) is 0.412. The van der Waals surface area contributed by atoms with Gasteiger partial charge in [-0.1, -0.05) is 0 Å². The fourth-order valence-corrected chi connectivity index (χ4v) is 2.57. The number of aliphatic carboxylic acids is 1. The molecule has 2 rings (SSSR count). The maximum Gasteiger partial charge on any atom is 0.314 e. The molecule has 0 atom stereocenters. The predicted octanol–water partition coefficient (Wildman–Crippen LogP) is 2.63. The molecule has 2 nitrogen and oxygen atoms in total. The number of carboxylic acid groups (broad SMARTS) is 1. The lowest BCUT2D eigenvalue weighted by Gasteiger charge is -2.05. The Labute approximate surface area is 82.3 Å². The van der Waals surface area contributed by atoms with Crippen LogP contribution >= 0.6 is 27.3 Å². The summed E-state index contributed by atoms with van der Waals surface area (Å²) in [6, 6.07) is 1.91. The fourth-order valence-electron chi connectivity index (χ4n) is 1.31. The molecule has 1 N–H and O–H groups in total. The van der Waals surface area contributed by atoms with Crippen LogP contribution in [-0.4, -0.2) is 11.1 Å². The van der Waals surface area contributed by atoms with Gasteiger partial charge in [-0.05, 0) is 45.8 Å². The molecule has 0 radical (unpaired) electrons. The summed E-state index contributed by atoms with van der Waals surface area (Å²) >= 11 is 4.87. The first-order valence-corrected chi connectivity index (χ1v) is 5.30. The van der Waals surface area contributed by atoms with Gasteiger partial charge in [0.15, 0.2) is 0 Å². The molecular weight excluding hydrogens is 240 g/mol. The Bertz CT molecular complexity index is 328. The van der Waals surface area contributed by atoms with Gasteiger partial charge < -0.3 is 5.11 Å². The summed E-state index contributed by atoms with van der Waals surface area (Å²) in [5.74, 6) is -0.687. The molecule has 1 heterocycles. The first-order valence-electron chi connectivity index (χ1n) is 3.63. The van der Waals surface area contributed by atoms with Crippen molar-refractivity contribution < 1.29 is 9.90 Å². The number of hydrogen-bond acceptors (Lipinski definition) is 2. The van der Waals surface area contributed by atoms with Crippen LogP contribution in [0.4, 0.5) is 0 Å². The zero-order chi connectivity index (χ0) is 8.77. The van der Waals surface area contributed by atoms with E-state index in [1.807, 2.05) is 11.4 Å². The molecular formula is C8H7BrO2S. The van der Waals surface area contributed by atoms with Gasteiger partial charge in [0.25, 0.3) is 0 Å². The van der Waals surface area contributed by atoms with Gasteiger partial charge in [-0.15, -0.1) is 11.3 Å². The third-order valence-corrected chi connectivity index (χ3v) is 3.78. The lowest BCUT2D eigenvalue weighted by Crippen LogP contribution is -2.18. The molecule has 0 saturated heterocycles. The van der Waals surface area contributed by atoms with Crippen LogP contribution in [-0.2, 0) is 10.2 Å². The highest BCUT2D eigenvalue weighted by atomic mass is 79.9. The van der Waals surface area contributed by atoms with E-state index >= 15 is 0 Å². The lowest BCUT2D eigenvalue weighted by molar-refractivity contribution is -0.140. The maximum absolute atomic E-state index is 10.9. The van der Waals surface area contributed by atoms with Crippen LogP contribution in [0.2, 0.25) is 0 Å². The summed E-state index contributed by atoms with van der Waals surface area (Å²) in [7, 11) is 0. The smallest absolute Gasteiger partial charge is 0.314 e. The number of carbonyl (C=O) groups is 1. The number of thiophene rings is 1. The SMILES string of the molecule is O=C(O)C1(c2csc(Br)c2)CC1. The van der Waals surface area contributed by atoms with E-state index in [0.717, 1.165) is 22.2 Å². The molecule has 1 fully saturated rings. The Kier molecular flexibility index (Phi) is 1.77. The van der Waals surface area contributed by atoms with Gasteiger partial charge in [-0.25, -0.2) is 0 Å². The Morgan fingerprint density at radius 1 is 1.67 bits per heavy atom. The predicted molar refractivity (Wildman–Crippen MR) is 50.6 cm³/mol. The highest BCUT2D eigenvalue weighted by molar-refractivity contribution is 9.11. The van der Waals surface area contributed by atoms with Crippen LogP contribution < -0.4 is 0 Å².